The van der Waals surface area contributed by atoms with Crippen LogP contribution < -0.4 is 5.32 Å². The second kappa shape index (κ2) is 8.04. The van der Waals surface area contributed by atoms with Crippen LogP contribution in [0.1, 0.15) is 11.1 Å². The number of hydrogen-bond acceptors (Lipinski definition) is 4. The van der Waals surface area contributed by atoms with E-state index in [-0.39, 0.29) is 0 Å². The number of thiophene rings is 1. The van der Waals surface area contributed by atoms with Gasteiger partial charge in [0.05, 0.1) is 0 Å². The summed E-state index contributed by atoms with van der Waals surface area (Å²) in [6.45, 7) is 4.09. The Morgan fingerprint density at radius 2 is 2.21 bits per heavy atom. The molecule has 0 fully saturated rings. The highest BCUT2D eigenvalue weighted by Gasteiger charge is 2.00. The average molecular weight is 275 g/mol. The molecule has 2 rings (SSSR count). The van der Waals surface area contributed by atoms with Crippen LogP contribution >= 0.6 is 11.3 Å². The standard InChI is InChI=1S/C15H21N3S/c1-18(12-15-3-2-6-17-11-15)9-8-16-7-4-14-5-10-19-13-14/h2-3,5-6,10-11,13,16H,4,7-9,12H2,1H3. The van der Waals surface area contributed by atoms with Gasteiger partial charge in [-0.15, -0.1) is 0 Å². The summed E-state index contributed by atoms with van der Waals surface area (Å²) >= 11 is 1.77. The maximum absolute atomic E-state index is 4.13. The Kier molecular flexibility index (Phi) is 6.01. The van der Waals surface area contributed by atoms with Gasteiger partial charge < -0.3 is 10.2 Å². The summed E-state index contributed by atoms with van der Waals surface area (Å²) in [6.07, 6.45) is 4.87. The van der Waals surface area contributed by atoms with E-state index in [9.17, 15) is 0 Å². The molecule has 2 aromatic rings. The number of rotatable bonds is 8. The Morgan fingerprint density at radius 3 is 2.95 bits per heavy atom. The van der Waals surface area contributed by atoms with Gasteiger partial charge in [0.1, 0.15) is 0 Å². The van der Waals surface area contributed by atoms with Crippen LogP contribution in [0.4, 0.5) is 0 Å². The molecule has 4 heteroatoms. The smallest absolute Gasteiger partial charge is 0.0312 e. The van der Waals surface area contributed by atoms with Gasteiger partial charge in [0.2, 0.25) is 0 Å². The van der Waals surface area contributed by atoms with Gasteiger partial charge in [-0.25, -0.2) is 0 Å². The third-order valence-electron chi connectivity index (χ3n) is 3.02. The molecule has 2 heterocycles. The highest BCUT2D eigenvalue weighted by molar-refractivity contribution is 7.07. The van der Waals surface area contributed by atoms with Crippen LogP contribution in [0.15, 0.2) is 41.4 Å². The Morgan fingerprint density at radius 1 is 1.26 bits per heavy atom. The van der Waals surface area contributed by atoms with Crippen molar-refractivity contribution in [1.82, 2.24) is 15.2 Å². The van der Waals surface area contributed by atoms with Crippen molar-refractivity contribution in [2.75, 3.05) is 26.7 Å². The number of pyridine rings is 1. The van der Waals surface area contributed by atoms with Crippen LogP contribution in [-0.2, 0) is 13.0 Å². The lowest BCUT2D eigenvalue weighted by atomic mass is 10.2. The Bertz CT molecular complexity index is 442. The molecule has 3 nitrogen and oxygen atoms in total. The zero-order valence-corrected chi connectivity index (χ0v) is 12.2. The summed E-state index contributed by atoms with van der Waals surface area (Å²) in [6, 6.07) is 6.30. The molecule has 1 N–H and O–H groups in total. The van der Waals surface area contributed by atoms with E-state index in [0.717, 1.165) is 32.6 Å². The largest absolute Gasteiger partial charge is 0.315 e. The fraction of sp³-hybridized carbons (Fsp3) is 0.400. The number of likely N-dealkylation sites (N-methyl/N-ethyl adjacent to an activating group) is 1. The topological polar surface area (TPSA) is 28.2 Å². The zero-order chi connectivity index (χ0) is 13.3. The van der Waals surface area contributed by atoms with Gasteiger partial charge in [-0.3, -0.25) is 4.98 Å². The van der Waals surface area contributed by atoms with Gasteiger partial charge in [0, 0.05) is 32.0 Å². The minimum Gasteiger partial charge on any atom is -0.315 e. The number of nitrogens with zero attached hydrogens (tertiary/aromatic N) is 2. The van der Waals surface area contributed by atoms with E-state index < -0.39 is 0 Å². The van der Waals surface area contributed by atoms with Crippen molar-refractivity contribution in [1.29, 1.82) is 0 Å². The molecule has 2 aromatic heterocycles. The minimum absolute atomic E-state index is 0.958. The van der Waals surface area contributed by atoms with Crippen LogP contribution in [0.2, 0.25) is 0 Å². The Hall–Kier alpha value is -1.23. The molecule has 0 aliphatic heterocycles. The van der Waals surface area contributed by atoms with Gasteiger partial charge >= 0.3 is 0 Å². The molecule has 0 saturated heterocycles. The lowest BCUT2D eigenvalue weighted by molar-refractivity contribution is 0.324. The first kappa shape index (κ1) is 14.2. The van der Waals surface area contributed by atoms with E-state index in [1.165, 1.54) is 11.1 Å². The van der Waals surface area contributed by atoms with E-state index in [1.54, 1.807) is 11.3 Å². The van der Waals surface area contributed by atoms with Gasteiger partial charge in [0.15, 0.2) is 0 Å². The summed E-state index contributed by atoms with van der Waals surface area (Å²) in [5, 5.41) is 7.84. The molecular weight excluding hydrogens is 254 g/mol. The fourth-order valence-corrected chi connectivity index (χ4v) is 2.65. The SMILES string of the molecule is CN(CCNCCc1ccsc1)Cc1cccnc1. The van der Waals surface area contributed by atoms with Crippen LogP contribution in [0, 0.1) is 0 Å². The van der Waals surface area contributed by atoms with E-state index in [4.69, 9.17) is 0 Å². The molecule has 102 valence electrons. The van der Waals surface area contributed by atoms with Crippen LogP contribution in [0.5, 0.6) is 0 Å². The second-order valence-electron chi connectivity index (χ2n) is 4.73. The van der Waals surface area contributed by atoms with Crippen LogP contribution in [0.3, 0.4) is 0 Å². The van der Waals surface area contributed by atoms with Gasteiger partial charge in [-0.05, 0) is 54.0 Å². The highest BCUT2D eigenvalue weighted by atomic mass is 32.1. The quantitative estimate of drug-likeness (QED) is 0.750. The summed E-state index contributed by atoms with van der Waals surface area (Å²) in [5.41, 5.74) is 2.70. The maximum atomic E-state index is 4.13. The predicted molar refractivity (Wildman–Crippen MR) is 81.5 cm³/mol. The monoisotopic (exact) mass is 275 g/mol. The first-order valence-corrected chi connectivity index (χ1v) is 7.58. The second-order valence-corrected chi connectivity index (χ2v) is 5.51. The van der Waals surface area contributed by atoms with E-state index in [0.29, 0.717) is 0 Å². The first-order valence-electron chi connectivity index (χ1n) is 6.64. The predicted octanol–water partition coefficient (Wildman–Crippen LogP) is 2.41. The Labute approximate surface area is 119 Å². The average Bonchev–Trinajstić information content (AvgIpc) is 2.92. The fourth-order valence-electron chi connectivity index (χ4n) is 1.94. The van der Waals surface area contributed by atoms with E-state index in [2.05, 4.69) is 45.1 Å². The number of hydrogen-bond donors (Lipinski definition) is 1. The van der Waals surface area contributed by atoms with Gasteiger partial charge in [-0.1, -0.05) is 6.07 Å². The molecule has 19 heavy (non-hydrogen) atoms. The third kappa shape index (κ3) is 5.51. The minimum atomic E-state index is 0.958. The zero-order valence-electron chi connectivity index (χ0n) is 11.4. The molecule has 0 aliphatic rings. The third-order valence-corrected chi connectivity index (χ3v) is 3.75. The van der Waals surface area contributed by atoms with Crippen LogP contribution in [0.25, 0.3) is 0 Å². The summed E-state index contributed by atoms with van der Waals surface area (Å²) in [4.78, 5) is 6.45. The van der Waals surface area contributed by atoms with Gasteiger partial charge in [-0.2, -0.15) is 11.3 Å². The summed E-state index contributed by atoms with van der Waals surface area (Å²) in [5.74, 6) is 0. The summed E-state index contributed by atoms with van der Waals surface area (Å²) in [7, 11) is 2.15. The van der Waals surface area contributed by atoms with Crippen molar-refractivity contribution in [2.24, 2.45) is 0 Å². The van der Waals surface area contributed by atoms with E-state index in [1.807, 2.05) is 18.5 Å². The molecule has 0 saturated carbocycles. The van der Waals surface area contributed by atoms with Crippen molar-refractivity contribution < 1.29 is 0 Å². The van der Waals surface area contributed by atoms with Crippen molar-refractivity contribution in [2.45, 2.75) is 13.0 Å². The molecule has 0 aliphatic carbocycles. The van der Waals surface area contributed by atoms with Crippen molar-refractivity contribution >= 4 is 11.3 Å². The first-order chi connectivity index (χ1) is 9.34. The number of nitrogens with one attached hydrogen (secondary N) is 1. The Balaban J connectivity index is 1.55. The molecular formula is C15H21N3S. The van der Waals surface area contributed by atoms with Crippen molar-refractivity contribution in [3.63, 3.8) is 0 Å². The van der Waals surface area contributed by atoms with Crippen molar-refractivity contribution in [3.05, 3.63) is 52.5 Å². The molecule has 0 spiro atoms. The van der Waals surface area contributed by atoms with E-state index >= 15 is 0 Å². The maximum Gasteiger partial charge on any atom is 0.0312 e. The summed E-state index contributed by atoms with van der Waals surface area (Å²) < 4.78 is 0. The van der Waals surface area contributed by atoms with Crippen molar-refractivity contribution in [3.8, 4) is 0 Å². The molecule has 0 amide bonds. The molecule has 0 radical (unpaired) electrons. The van der Waals surface area contributed by atoms with Crippen LogP contribution in [-0.4, -0.2) is 36.6 Å². The normalized spacial score (nSPS) is 11.1. The lowest BCUT2D eigenvalue weighted by Gasteiger charge is -2.16. The van der Waals surface area contributed by atoms with Gasteiger partial charge in [0.25, 0.3) is 0 Å². The molecule has 0 aromatic carbocycles. The molecule has 0 bridgehead atoms. The number of aromatic nitrogens is 1. The highest BCUT2D eigenvalue weighted by Crippen LogP contribution is 2.05. The lowest BCUT2D eigenvalue weighted by Crippen LogP contribution is -2.30. The molecule has 0 unspecified atom stereocenters. The molecule has 0 atom stereocenters.